The van der Waals surface area contributed by atoms with Crippen molar-refractivity contribution in [3.63, 3.8) is 0 Å². The van der Waals surface area contributed by atoms with E-state index in [2.05, 4.69) is 25.9 Å². The van der Waals surface area contributed by atoms with Crippen LogP contribution in [-0.2, 0) is 6.42 Å². The third-order valence-electron chi connectivity index (χ3n) is 2.23. The van der Waals surface area contributed by atoms with Crippen molar-refractivity contribution in [3.8, 4) is 0 Å². The largest absolute Gasteiger partial charge is 0.322 e. The summed E-state index contributed by atoms with van der Waals surface area (Å²) in [5, 5.41) is 3.12. The normalized spacial score (nSPS) is 12.7. The molecule has 2 aromatic rings. The van der Waals surface area contributed by atoms with E-state index in [4.69, 9.17) is 5.73 Å². The smallest absolute Gasteiger partial charge is 0.0897 e. The zero-order chi connectivity index (χ0) is 11.5. The molecule has 0 spiro atoms. The maximum atomic E-state index is 6.07. The van der Waals surface area contributed by atoms with E-state index in [9.17, 15) is 0 Å². The van der Waals surface area contributed by atoms with Crippen molar-refractivity contribution in [1.29, 1.82) is 0 Å². The van der Waals surface area contributed by atoms with E-state index in [0.29, 0.717) is 0 Å². The number of nitrogens with two attached hydrogens (primary N) is 1. The number of hydrogen-bond acceptors (Lipinski definition) is 4. The number of aromatic nitrogens is 2. The van der Waals surface area contributed by atoms with Gasteiger partial charge in [-0.15, -0.1) is 11.3 Å². The van der Waals surface area contributed by atoms with Gasteiger partial charge in [-0.2, -0.15) is 0 Å². The summed E-state index contributed by atoms with van der Waals surface area (Å²) in [5.74, 6) is 0. The van der Waals surface area contributed by atoms with Gasteiger partial charge in [0.2, 0.25) is 0 Å². The van der Waals surface area contributed by atoms with Crippen LogP contribution in [0.25, 0.3) is 0 Å². The van der Waals surface area contributed by atoms with Gasteiger partial charge in [-0.3, -0.25) is 4.98 Å². The summed E-state index contributed by atoms with van der Waals surface area (Å²) in [6.45, 7) is 2.00. The van der Waals surface area contributed by atoms with Crippen LogP contribution in [0.3, 0.4) is 0 Å². The van der Waals surface area contributed by atoms with E-state index in [0.717, 1.165) is 27.3 Å². The van der Waals surface area contributed by atoms with E-state index in [1.54, 1.807) is 17.5 Å². The number of hydrogen-bond donors (Lipinski definition) is 1. The van der Waals surface area contributed by atoms with Gasteiger partial charge in [0.05, 0.1) is 22.4 Å². The molecule has 0 aromatic carbocycles. The average molecular weight is 298 g/mol. The van der Waals surface area contributed by atoms with Crippen LogP contribution in [-0.4, -0.2) is 9.97 Å². The van der Waals surface area contributed by atoms with Gasteiger partial charge < -0.3 is 5.73 Å². The van der Waals surface area contributed by atoms with E-state index < -0.39 is 0 Å². The van der Waals surface area contributed by atoms with Gasteiger partial charge in [0.25, 0.3) is 0 Å². The van der Waals surface area contributed by atoms with Crippen molar-refractivity contribution < 1.29 is 0 Å². The minimum absolute atomic E-state index is 0.0883. The summed E-state index contributed by atoms with van der Waals surface area (Å²) in [4.78, 5) is 8.68. The molecule has 84 valence electrons. The molecular formula is C11H12BrN3S. The fraction of sp³-hybridized carbons (Fsp3) is 0.273. The zero-order valence-electron chi connectivity index (χ0n) is 8.85. The first-order chi connectivity index (χ1) is 7.65. The maximum Gasteiger partial charge on any atom is 0.0897 e. The Morgan fingerprint density at radius 3 is 2.88 bits per heavy atom. The van der Waals surface area contributed by atoms with Crippen molar-refractivity contribution in [2.45, 2.75) is 19.4 Å². The molecule has 5 heteroatoms. The van der Waals surface area contributed by atoms with Crippen LogP contribution in [0.1, 0.15) is 22.4 Å². The summed E-state index contributed by atoms with van der Waals surface area (Å²) in [5.41, 5.74) is 8.01. The quantitative estimate of drug-likeness (QED) is 0.948. The lowest BCUT2D eigenvalue weighted by Gasteiger charge is -2.09. The summed E-state index contributed by atoms with van der Waals surface area (Å²) in [6.07, 6.45) is 2.50. The van der Waals surface area contributed by atoms with Gasteiger partial charge in [0.1, 0.15) is 0 Å². The van der Waals surface area contributed by atoms with Gasteiger partial charge in [0.15, 0.2) is 0 Å². The molecule has 0 aliphatic heterocycles. The Balaban J connectivity index is 2.08. The Labute approximate surface area is 107 Å². The molecule has 16 heavy (non-hydrogen) atoms. The number of nitrogens with zero attached hydrogens (tertiary/aromatic N) is 2. The highest BCUT2D eigenvalue weighted by Crippen LogP contribution is 2.17. The molecule has 3 nitrogen and oxygen atoms in total. The average Bonchev–Trinajstić information content (AvgIpc) is 2.65. The Morgan fingerprint density at radius 2 is 2.31 bits per heavy atom. The molecule has 0 saturated heterocycles. The summed E-state index contributed by atoms with van der Waals surface area (Å²) in [6, 6.07) is 3.80. The molecule has 0 bridgehead atoms. The summed E-state index contributed by atoms with van der Waals surface area (Å²) in [7, 11) is 0. The third-order valence-corrected chi connectivity index (χ3v) is 3.52. The van der Waals surface area contributed by atoms with Gasteiger partial charge in [-0.1, -0.05) is 0 Å². The van der Waals surface area contributed by atoms with E-state index in [1.807, 2.05) is 24.4 Å². The molecule has 1 unspecified atom stereocenters. The second-order valence-corrected chi connectivity index (χ2v) is 5.55. The summed E-state index contributed by atoms with van der Waals surface area (Å²) >= 11 is 5.00. The van der Waals surface area contributed by atoms with Crippen LogP contribution >= 0.6 is 27.3 Å². The van der Waals surface area contributed by atoms with E-state index >= 15 is 0 Å². The Kier molecular flexibility index (Phi) is 3.68. The minimum atomic E-state index is -0.0883. The predicted molar refractivity (Wildman–Crippen MR) is 69.4 cm³/mol. The van der Waals surface area contributed by atoms with E-state index in [1.165, 1.54) is 0 Å². The molecule has 2 rings (SSSR count). The highest BCUT2D eigenvalue weighted by atomic mass is 79.9. The summed E-state index contributed by atoms with van der Waals surface area (Å²) < 4.78 is 0.966. The molecule has 2 aromatic heterocycles. The number of rotatable bonds is 3. The lowest BCUT2D eigenvalue weighted by atomic mass is 10.1. The second-order valence-electron chi connectivity index (χ2n) is 3.57. The number of pyridine rings is 1. The molecule has 0 aliphatic carbocycles. The highest BCUT2D eigenvalue weighted by Gasteiger charge is 2.10. The van der Waals surface area contributed by atoms with Gasteiger partial charge >= 0.3 is 0 Å². The van der Waals surface area contributed by atoms with Crippen LogP contribution in [0.2, 0.25) is 0 Å². The van der Waals surface area contributed by atoms with Crippen LogP contribution in [0, 0.1) is 6.92 Å². The van der Waals surface area contributed by atoms with Crippen LogP contribution in [0.15, 0.2) is 28.2 Å². The Morgan fingerprint density at radius 1 is 1.50 bits per heavy atom. The lowest BCUT2D eigenvalue weighted by molar-refractivity contribution is 0.685. The van der Waals surface area contributed by atoms with Crippen molar-refractivity contribution in [1.82, 2.24) is 9.97 Å². The minimum Gasteiger partial charge on any atom is -0.322 e. The van der Waals surface area contributed by atoms with Gasteiger partial charge in [0, 0.05) is 22.5 Å². The Bertz CT molecular complexity index is 466. The first-order valence-electron chi connectivity index (χ1n) is 4.93. The second kappa shape index (κ2) is 5.03. The number of aryl methyl sites for hydroxylation is 1. The molecule has 0 radical (unpaired) electrons. The molecule has 0 aliphatic rings. The van der Waals surface area contributed by atoms with Crippen molar-refractivity contribution >= 4 is 27.3 Å². The zero-order valence-corrected chi connectivity index (χ0v) is 11.3. The first kappa shape index (κ1) is 11.7. The monoisotopic (exact) mass is 297 g/mol. The molecule has 2 heterocycles. The molecule has 0 amide bonds. The van der Waals surface area contributed by atoms with Crippen LogP contribution < -0.4 is 5.73 Å². The highest BCUT2D eigenvalue weighted by molar-refractivity contribution is 9.10. The predicted octanol–water partition coefficient (Wildman–Crippen LogP) is 2.85. The topological polar surface area (TPSA) is 51.8 Å². The number of thiazole rings is 1. The van der Waals surface area contributed by atoms with E-state index in [-0.39, 0.29) is 6.04 Å². The fourth-order valence-electron chi connectivity index (χ4n) is 1.44. The van der Waals surface area contributed by atoms with Crippen molar-refractivity contribution in [3.05, 3.63) is 44.6 Å². The maximum absolute atomic E-state index is 6.07. The van der Waals surface area contributed by atoms with Gasteiger partial charge in [-0.05, 0) is 35.0 Å². The van der Waals surface area contributed by atoms with Crippen LogP contribution in [0.5, 0.6) is 0 Å². The Hall–Kier alpha value is -0.780. The van der Waals surface area contributed by atoms with Gasteiger partial charge in [-0.25, -0.2) is 4.98 Å². The lowest BCUT2D eigenvalue weighted by Crippen LogP contribution is -2.14. The van der Waals surface area contributed by atoms with Crippen molar-refractivity contribution in [2.24, 2.45) is 5.73 Å². The standard InChI is InChI=1S/C11H12BrN3S/c1-7-15-9(6-16-7)4-10(13)11-3-2-8(12)5-14-11/h2-3,5-6,10H,4,13H2,1H3. The molecule has 0 saturated carbocycles. The molecule has 1 atom stereocenters. The third kappa shape index (κ3) is 2.87. The SMILES string of the molecule is Cc1nc(CC(N)c2ccc(Br)cn2)cs1. The van der Waals surface area contributed by atoms with Crippen LogP contribution in [0.4, 0.5) is 0 Å². The van der Waals surface area contributed by atoms with Crippen molar-refractivity contribution in [2.75, 3.05) is 0 Å². The molecule has 0 fully saturated rings. The molecule has 2 N–H and O–H groups in total. The number of halogens is 1. The molecular weight excluding hydrogens is 286 g/mol. The first-order valence-corrected chi connectivity index (χ1v) is 6.60. The fourth-order valence-corrected chi connectivity index (χ4v) is 2.30.